The number of nitrogens with zero attached hydrogens (tertiary/aromatic N) is 1. The summed E-state index contributed by atoms with van der Waals surface area (Å²) in [6, 6.07) is 9.84. The molecule has 0 aliphatic heterocycles. The van der Waals surface area contributed by atoms with Gasteiger partial charge in [0.2, 0.25) is 0 Å². The molecule has 106 valence electrons. The molecule has 1 atom stereocenters. The molecule has 0 radical (unpaired) electrons. The fourth-order valence-electron chi connectivity index (χ4n) is 1.60. The number of hydrogen-bond acceptors (Lipinski definition) is 4. The Bertz CT molecular complexity index is 640. The molecule has 20 heavy (non-hydrogen) atoms. The maximum Gasteiger partial charge on any atom is 0.297 e. The van der Waals surface area contributed by atoms with Gasteiger partial charge in [-0.3, -0.25) is 9.78 Å². The first-order valence-corrected chi connectivity index (χ1v) is 7.41. The highest BCUT2D eigenvalue weighted by atomic mass is 32.2. The summed E-state index contributed by atoms with van der Waals surface area (Å²) in [4.78, 5) is 19.6. The highest BCUT2D eigenvalue weighted by Crippen LogP contribution is 2.26. The van der Waals surface area contributed by atoms with E-state index in [1.54, 1.807) is 0 Å². The minimum atomic E-state index is -0.201. The maximum absolute atomic E-state index is 11.6. The second kappa shape index (κ2) is 6.61. The van der Waals surface area contributed by atoms with E-state index in [0.29, 0.717) is 5.03 Å². The van der Waals surface area contributed by atoms with Crippen molar-refractivity contribution in [2.75, 3.05) is 0 Å². The molecule has 2 aromatic rings. The van der Waals surface area contributed by atoms with Gasteiger partial charge < -0.3 is 4.74 Å². The number of ether oxygens (including phenoxy) is 1. The van der Waals surface area contributed by atoms with Crippen molar-refractivity contribution in [3.8, 4) is 6.01 Å². The van der Waals surface area contributed by atoms with Gasteiger partial charge in [0.15, 0.2) is 0 Å². The second-order valence-corrected chi connectivity index (χ2v) is 5.74. The Morgan fingerprint density at radius 1 is 1.40 bits per heavy atom. The van der Waals surface area contributed by atoms with Crippen molar-refractivity contribution in [2.45, 2.75) is 43.2 Å². The van der Waals surface area contributed by atoms with Crippen molar-refractivity contribution in [3.63, 3.8) is 0 Å². The molecule has 1 aromatic heterocycles. The predicted molar refractivity (Wildman–Crippen MR) is 80.5 cm³/mol. The van der Waals surface area contributed by atoms with Gasteiger partial charge in [0, 0.05) is 11.0 Å². The van der Waals surface area contributed by atoms with Gasteiger partial charge in [-0.1, -0.05) is 36.4 Å². The summed E-state index contributed by atoms with van der Waals surface area (Å²) >= 11 is 1.45. The summed E-state index contributed by atoms with van der Waals surface area (Å²) in [5.74, 6) is 0. The number of benzene rings is 1. The number of aryl methyl sites for hydroxylation is 1. The molecule has 0 amide bonds. The minimum absolute atomic E-state index is 0.0253. The van der Waals surface area contributed by atoms with Gasteiger partial charge in [0.25, 0.3) is 11.6 Å². The summed E-state index contributed by atoms with van der Waals surface area (Å²) in [6.07, 6.45) is 0.885. The second-order valence-electron chi connectivity index (χ2n) is 4.64. The van der Waals surface area contributed by atoms with Gasteiger partial charge in [0.05, 0.1) is 6.10 Å². The lowest BCUT2D eigenvalue weighted by molar-refractivity contribution is 0.197. The fraction of sp³-hybridized carbons (Fsp3) is 0.333. The van der Waals surface area contributed by atoms with E-state index in [0.717, 1.165) is 11.3 Å². The fourth-order valence-corrected chi connectivity index (χ4v) is 2.52. The number of aromatic nitrogens is 2. The minimum Gasteiger partial charge on any atom is -0.462 e. The Kier molecular flexibility index (Phi) is 4.84. The smallest absolute Gasteiger partial charge is 0.297 e. The van der Waals surface area contributed by atoms with Crippen LogP contribution in [0.25, 0.3) is 0 Å². The molecule has 1 heterocycles. The Hall–Kier alpha value is -1.75. The Morgan fingerprint density at radius 3 is 2.90 bits per heavy atom. The van der Waals surface area contributed by atoms with Crippen molar-refractivity contribution in [2.24, 2.45) is 0 Å². The Labute approximate surface area is 122 Å². The summed E-state index contributed by atoms with van der Waals surface area (Å²) in [7, 11) is 0. The Balaban J connectivity index is 2.21. The van der Waals surface area contributed by atoms with Crippen LogP contribution in [0.3, 0.4) is 0 Å². The summed E-state index contributed by atoms with van der Waals surface area (Å²) < 4.78 is 5.57. The maximum atomic E-state index is 11.6. The predicted octanol–water partition coefficient (Wildman–Crippen LogP) is 3.41. The number of hydrogen-bond donors (Lipinski definition) is 1. The van der Waals surface area contributed by atoms with Gasteiger partial charge in [-0.2, -0.15) is 4.98 Å². The third-order valence-electron chi connectivity index (χ3n) is 2.80. The normalized spacial score (nSPS) is 12.2. The van der Waals surface area contributed by atoms with Crippen LogP contribution in [0.5, 0.6) is 6.01 Å². The van der Waals surface area contributed by atoms with Crippen molar-refractivity contribution in [3.05, 3.63) is 46.2 Å². The standard InChI is InChI=1S/C15H18N2O2S/c1-4-11(3)19-15-16-13(18)9-14(17-15)20-12-7-5-6-10(2)8-12/h5-9,11H,4H2,1-3H3,(H,16,17,18). The average Bonchev–Trinajstić information content (AvgIpc) is 2.37. The summed E-state index contributed by atoms with van der Waals surface area (Å²) in [6.45, 7) is 6.00. The van der Waals surface area contributed by atoms with Gasteiger partial charge in [-0.15, -0.1) is 0 Å². The van der Waals surface area contributed by atoms with Crippen LogP contribution in [0.2, 0.25) is 0 Å². The van der Waals surface area contributed by atoms with Gasteiger partial charge in [0.1, 0.15) is 5.03 Å². The number of rotatable bonds is 5. The van der Waals surface area contributed by atoms with E-state index in [1.807, 2.05) is 39.0 Å². The van der Waals surface area contributed by atoms with Gasteiger partial charge >= 0.3 is 0 Å². The quantitative estimate of drug-likeness (QED) is 0.857. The van der Waals surface area contributed by atoms with Crippen LogP contribution in [0, 0.1) is 6.92 Å². The highest BCUT2D eigenvalue weighted by Gasteiger charge is 2.07. The van der Waals surface area contributed by atoms with E-state index in [4.69, 9.17) is 4.74 Å². The average molecular weight is 290 g/mol. The van der Waals surface area contributed by atoms with Gasteiger partial charge in [-0.05, 0) is 32.4 Å². The van der Waals surface area contributed by atoms with E-state index < -0.39 is 0 Å². The first-order chi connectivity index (χ1) is 9.56. The van der Waals surface area contributed by atoms with E-state index in [-0.39, 0.29) is 17.7 Å². The van der Waals surface area contributed by atoms with E-state index in [9.17, 15) is 4.79 Å². The first kappa shape index (κ1) is 14.7. The molecule has 1 aromatic carbocycles. The van der Waals surface area contributed by atoms with E-state index in [1.165, 1.54) is 23.4 Å². The molecule has 0 bridgehead atoms. The van der Waals surface area contributed by atoms with E-state index in [2.05, 4.69) is 16.0 Å². The molecule has 4 nitrogen and oxygen atoms in total. The number of aromatic amines is 1. The Morgan fingerprint density at radius 2 is 2.20 bits per heavy atom. The summed E-state index contributed by atoms with van der Waals surface area (Å²) in [5, 5.41) is 0.637. The molecule has 1 N–H and O–H groups in total. The zero-order valence-corrected chi connectivity index (χ0v) is 12.7. The lowest BCUT2D eigenvalue weighted by atomic mass is 10.2. The van der Waals surface area contributed by atoms with Crippen LogP contribution >= 0.6 is 11.8 Å². The number of nitrogens with one attached hydrogen (secondary N) is 1. The zero-order valence-electron chi connectivity index (χ0n) is 11.8. The van der Waals surface area contributed by atoms with Crippen molar-refractivity contribution >= 4 is 11.8 Å². The monoisotopic (exact) mass is 290 g/mol. The van der Waals surface area contributed by atoms with Crippen LogP contribution in [-0.4, -0.2) is 16.1 Å². The highest BCUT2D eigenvalue weighted by molar-refractivity contribution is 7.99. The van der Waals surface area contributed by atoms with Crippen molar-refractivity contribution in [1.29, 1.82) is 0 Å². The first-order valence-electron chi connectivity index (χ1n) is 6.59. The SMILES string of the molecule is CCC(C)Oc1nc(Sc2cccc(C)c2)cc(=O)[nH]1. The van der Waals surface area contributed by atoms with Crippen LogP contribution in [-0.2, 0) is 0 Å². The molecule has 0 aliphatic rings. The lowest BCUT2D eigenvalue weighted by Crippen LogP contribution is -2.16. The van der Waals surface area contributed by atoms with Crippen LogP contribution < -0.4 is 10.3 Å². The molecule has 0 saturated carbocycles. The van der Waals surface area contributed by atoms with Gasteiger partial charge in [-0.25, -0.2) is 0 Å². The third-order valence-corrected chi connectivity index (χ3v) is 3.70. The molecule has 1 unspecified atom stereocenters. The van der Waals surface area contributed by atoms with Crippen LogP contribution in [0.15, 0.2) is 45.0 Å². The molecule has 0 saturated heterocycles. The molecule has 0 spiro atoms. The molecule has 0 fully saturated rings. The molecule has 0 aliphatic carbocycles. The molecular weight excluding hydrogens is 272 g/mol. The van der Waals surface area contributed by atoms with E-state index >= 15 is 0 Å². The zero-order chi connectivity index (χ0) is 14.5. The summed E-state index contributed by atoms with van der Waals surface area (Å²) in [5.41, 5.74) is 0.976. The van der Waals surface area contributed by atoms with Crippen molar-refractivity contribution in [1.82, 2.24) is 9.97 Å². The van der Waals surface area contributed by atoms with Crippen LogP contribution in [0.4, 0.5) is 0 Å². The van der Waals surface area contributed by atoms with Crippen molar-refractivity contribution < 1.29 is 4.74 Å². The third kappa shape index (κ3) is 4.13. The molecule has 5 heteroatoms. The largest absolute Gasteiger partial charge is 0.462 e. The van der Waals surface area contributed by atoms with Crippen LogP contribution in [0.1, 0.15) is 25.8 Å². The molecular formula is C15H18N2O2S. The number of H-pyrrole nitrogens is 1. The molecule has 2 rings (SSSR count). The topological polar surface area (TPSA) is 55.0 Å². The lowest BCUT2D eigenvalue weighted by Gasteiger charge is -2.11.